The van der Waals surface area contributed by atoms with Crippen LogP contribution < -0.4 is 10.1 Å². The van der Waals surface area contributed by atoms with Crippen LogP contribution in [0.4, 0.5) is 5.13 Å². The normalized spacial score (nSPS) is 10.9. The fourth-order valence-electron chi connectivity index (χ4n) is 3.58. The van der Waals surface area contributed by atoms with Crippen LogP contribution in [0.5, 0.6) is 5.75 Å². The van der Waals surface area contributed by atoms with Crippen LogP contribution in [0.25, 0.3) is 0 Å². The largest absolute Gasteiger partial charge is 0.497 e. The lowest BCUT2D eigenvalue weighted by Crippen LogP contribution is -2.09. The van der Waals surface area contributed by atoms with Gasteiger partial charge in [-0.1, -0.05) is 72.8 Å². The summed E-state index contributed by atoms with van der Waals surface area (Å²) in [5.41, 5.74) is 3.81. The summed E-state index contributed by atoms with van der Waals surface area (Å²) in [4.78, 5) is 4.66. The van der Waals surface area contributed by atoms with Crippen LogP contribution in [0.2, 0.25) is 0 Å². The summed E-state index contributed by atoms with van der Waals surface area (Å²) < 4.78 is 9.80. The fourth-order valence-corrected chi connectivity index (χ4v) is 4.19. The third-order valence-electron chi connectivity index (χ3n) is 5.08. The number of ether oxygens (including phenoxy) is 1. The number of methoxy groups -OCH3 is 1. The van der Waals surface area contributed by atoms with Crippen molar-refractivity contribution in [2.45, 2.75) is 18.8 Å². The van der Waals surface area contributed by atoms with E-state index in [0.29, 0.717) is 12.3 Å². The summed E-state index contributed by atoms with van der Waals surface area (Å²) in [5, 5.41) is 4.33. The van der Waals surface area contributed by atoms with Gasteiger partial charge in [-0.3, -0.25) is 0 Å². The molecule has 0 fully saturated rings. The molecule has 1 heterocycles. The monoisotopic (exact) mass is 415 g/mol. The van der Waals surface area contributed by atoms with E-state index in [9.17, 15) is 0 Å². The Morgan fingerprint density at radius 1 is 0.900 bits per heavy atom. The molecule has 0 saturated carbocycles. The van der Waals surface area contributed by atoms with Gasteiger partial charge in [0.1, 0.15) is 11.6 Å². The Balaban J connectivity index is 1.38. The van der Waals surface area contributed by atoms with Crippen molar-refractivity contribution < 1.29 is 4.74 Å². The van der Waals surface area contributed by atoms with Gasteiger partial charge in [-0.2, -0.15) is 4.37 Å². The maximum absolute atomic E-state index is 5.30. The molecule has 152 valence electrons. The van der Waals surface area contributed by atoms with Crippen LogP contribution >= 0.6 is 11.5 Å². The Kier molecular flexibility index (Phi) is 6.72. The number of aromatic nitrogens is 2. The summed E-state index contributed by atoms with van der Waals surface area (Å²) >= 11 is 1.42. The highest BCUT2D eigenvalue weighted by atomic mass is 32.1. The average Bonchev–Trinajstić information content (AvgIpc) is 3.25. The van der Waals surface area contributed by atoms with Crippen molar-refractivity contribution in [2.24, 2.45) is 0 Å². The van der Waals surface area contributed by atoms with E-state index < -0.39 is 0 Å². The quantitative estimate of drug-likeness (QED) is 0.377. The smallest absolute Gasteiger partial charge is 0.202 e. The first-order chi connectivity index (χ1) is 14.8. The SMILES string of the molecule is COc1cccc(Cc2nsc(NCCC(c3ccccc3)c3ccccc3)n2)c1. The molecule has 0 aliphatic heterocycles. The van der Waals surface area contributed by atoms with Crippen molar-refractivity contribution in [3.63, 3.8) is 0 Å². The fraction of sp³-hybridized carbons (Fsp3) is 0.200. The Hall–Kier alpha value is -3.18. The molecule has 5 heteroatoms. The molecule has 1 N–H and O–H groups in total. The first kappa shape index (κ1) is 20.1. The molecule has 0 atom stereocenters. The lowest BCUT2D eigenvalue weighted by molar-refractivity contribution is 0.414. The van der Waals surface area contributed by atoms with Gasteiger partial charge in [0.15, 0.2) is 0 Å². The summed E-state index contributed by atoms with van der Waals surface area (Å²) in [7, 11) is 1.68. The first-order valence-electron chi connectivity index (χ1n) is 10.1. The lowest BCUT2D eigenvalue weighted by atomic mass is 9.88. The van der Waals surface area contributed by atoms with E-state index in [2.05, 4.69) is 81.4 Å². The molecular formula is C25H25N3OS. The molecule has 4 aromatic rings. The maximum Gasteiger partial charge on any atom is 0.202 e. The zero-order valence-electron chi connectivity index (χ0n) is 17.0. The zero-order valence-corrected chi connectivity index (χ0v) is 17.8. The predicted octanol–water partition coefficient (Wildman–Crippen LogP) is 5.77. The second kappa shape index (κ2) is 10.0. The zero-order chi connectivity index (χ0) is 20.6. The van der Waals surface area contributed by atoms with E-state index >= 15 is 0 Å². The van der Waals surface area contributed by atoms with Crippen LogP contribution in [0.15, 0.2) is 84.9 Å². The van der Waals surface area contributed by atoms with Crippen LogP contribution in [0, 0.1) is 0 Å². The molecule has 3 aromatic carbocycles. The standard InChI is InChI=1S/C25H25N3OS/c1-29-22-14-8-9-19(17-22)18-24-27-25(30-28-24)26-16-15-23(20-10-4-2-5-11-20)21-12-6-3-7-13-21/h2-14,17,23H,15-16,18H2,1H3,(H,26,27,28). The van der Waals surface area contributed by atoms with Gasteiger partial charge >= 0.3 is 0 Å². The minimum atomic E-state index is 0.351. The highest BCUT2D eigenvalue weighted by Crippen LogP contribution is 2.28. The number of benzene rings is 3. The summed E-state index contributed by atoms with van der Waals surface area (Å²) in [5.74, 6) is 2.04. The third kappa shape index (κ3) is 5.24. The number of hydrogen-bond donors (Lipinski definition) is 1. The van der Waals surface area contributed by atoms with Gasteiger partial charge in [0.2, 0.25) is 5.13 Å². The van der Waals surface area contributed by atoms with Crippen LogP contribution in [0.1, 0.15) is 34.9 Å². The molecular weight excluding hydrogens is 390 g/mol. The summed E-state index contributed by atoms with van der Waals surface area (Å²) in [6, 6.07) is 29.4. The van der Waals surface area contributed by atoms with Crippen LogP contribution in [0.3, 0.4) is 0 Å². The molecule has 0 bridgehead atoms. The van der Waals surface area contributed by atoms with E-state index in [0.717, 1.165) is 35.2 Å². The van der Waals surface area contributed by atoms with Crippen molar-refractivity contribution in [1.82, 2.24) is 9.36 Å². The van der Waals surface area contributed by atoms with Crippen LogP contribution in [-0.4, -0.2) is 23.0 Å². The number of hydrogen-bond acceptors (Lipinski definition) is 5. The molecule has 1 aromatic heterocycles. The lowest BCUT2D eigenvalue weighted by Gasteiger charge is -2.18. The highest BCUT2D eigenvalue weighted by molar-refractivity contribution is 7.09. The molecule has 4 rings (SSSR count). The van der Waals surface area contributed by atoms with Crippen molar-refractivity contribution in [3.8, 4) is 5.75 Å². The van der Waals surface area contributed by atoms with Crippen molar-refractivity contribution in [2.75, 3.05) is 19.0 Å². The number of anilines is 1. The van der Waals surface area contributed by atoms with E-state index in [1.807, 2.05) is 18.2 Å². The average molecular weight is 416 g/mol. The molecule has 0 unspecified atom stereocenters. The number of rotatable bonds is 9. The summed E-state index contributed by atoms with van der Waals surface area (Å²) in [6.45, 7) is 0.836. The van der Waals surface area contributed by atoms with Gasteiger partial charge in [-0.25, -0.2) is 4.98 Å². The van der Waals surface area contributed by atoms with Crippen molar-refractivity contribution >= 4 is 16.7 Å². The van der Waals surface area contributed by atoms with Gasteiger partial charge in [0.25, 0.3) is 0 Å². The molecule has 0 aliphatic rings. The molecule has 0 aliphatic carbocycles. The Bertz CT molecular complexity index is 1010. The first-order valence-corrected chi connectivity index (χ1v) is 10.9. The van der Waals surface area contributed by atoms with Gasteiger partial charge in [-0.15, -0.1) is 0 Å². The van der Waals surface area contributed by atoms with E-state index in [1.54, 1.807) is 7.11 Å². The molecule has 0 radical (unpaired) electrons. The second-order valence-corrected chi connectivity index (χ2v) is 7.89. The third-order valence-corrected chi connectivity index (χ3v) is 5.79. The van der Waals surface area contributed by atoms with Crippen molar-refractivity contribution in [3.05, 3.63) is 107 Å². The number of nitrogens with one attached hydrogen (secondary N) is 1. The molecule has 30 heavy (non-hydrogen) atoms. The van der Waals surface area contributed by atoms with Gasteiger partial charge in [0, 0.05) is 30.4 Å². The maximum atomic E-state index is 5.30. The molecule has 0 spiro atoms. The van der Waals surface area contributed by atoms with Gasteiger partial charge in [0.05, 0.1) is 7.11 Å². The molecule has 0 amide bonds. The second-order valence-electron chi connectivity index (χ2n) is 7.13. The van der Waals surface area contributed by atoms with Gasteiger partial charge in [-0.05, 0) is 35.2 Å². The number of nitrogens with zero attached hydrogens (tertiary/aromatic N) is 2. The Labute approximate surface area is 181 Å². The van der Waals surface area contributed by atoms with Gasteiger partial charge < -0.3 is 10.1 Å². The Morgan fingerprint density at radius 3 is 2.27 bits per heavy atom. The summed E-state index contributed by atoms with van der Waals surface area (Å²) in [6.07, 6.45) is 1.69. The minimum absolute atomic E-state index is 0.351. The van der Waals surface area contributed by atoms with E-state index in [4.69, 9.17) is 4.74 Å². The van der Waals surface area contributed by atoms with Crippen molar-refractivity contribution in [1.29, 1.82) is 0 Å². The minimum Gasteiger partial charge on any atom is -0.497 e. The van der Waals surface area contributed by atoms with Crippen LogP contribution in [-0.2, 0) is 6.42 Å². The Morgan fingerprint density at radius 2 is 1.60 bits per heavy atom. The van der Waals surface area contributed by atoms with E-state index in [-0.39, 0.29) is 0 Å². The highest BCUT2D eigenvalue weighted by Gasteiger charge is 2.14. The topological polar surface area (TPSA) is 47.0 Å². The predicted molar refractivity (Wildman–Crippen MR) is 124 cm³/mol. The molecule has 0 saturated heterocycles. The van der Waals surface area contributed by atoms with E-state index in [1.165, 1.54) is 22.7 Å². The molecule has 4 nitrogen and oxygen atoms in total.